The van der Waals surface area contributed by atoms with Crippen molar-refractivity contribution in [3.05, 3.63) is 70.2 Å². The molecule has 1 aromatic heterocycles. The molecule has 1 amide bonds. The lowest BCUT2D eigenvalue weighted by atomic mass is 10.0. The number of hydrogen-bond donors (Lipinski definition) is 0. The molecule has 0 atom stereocenters. The average molecular weight is 510 g/mol. The van der Waals surface area contributed by atoms with E-state index in [2.05, 4.69) is 52.0 Å². The number of benzene rings is 2. The summed E-state index contributed by atoms with van der Waals surface area (Å²) in [6.45, 7) is 7.45. The normalized spacial score (nSPS) is 14.0. The molecule has 1 saturated heterocycles. The molecule has 3 aromatic rings. The molecular weight excluding hydrogens is 478 g/mol. The van der Waals surface area contributed by atoms with E-state index in [0.717, 1.165) is 59.5 Å². The number of anilines is 1. The number of rotatable bonds is 8. The largest absolute Gasteiger partial charge is 0.340 e. The predicted molar refractivity (Wildman–Crippen MR) is 136 cm³/mol. The minimum atomic E-state index is 0.0294. The molecule has 1 aliphatic rings. The summed E-state index contributed by atoms with van der Waals surface area (Å²) in [4.78, 5) is 17.9. The van der Waals surface area contributed by atoms with Crippen LogP contribution in [-0.2, 0) is 6.54 Å². The SMILES string of the molecule is CC(C)CCN(Cc1c(-c2ccccc2)noc1N1CCCCC1)C(=O)c1cccc(Br)c1. The van der Waals surface area contributed by atoms with Gasteiger partial charge in [0.05, 0.1) is 12.1 Å². The van der Waals surface area contributed by atoms with Gasteiger partial charge >= 0.3 is 0 Å². The zero-order valence-electron chi connectivity index (χ0n) is 19.5. The van der Waals surface area contributed by atoms with Crippen molar-refractivity contribution in [1.29, 1.82) is 0 Å². The van der Waals surface area contributed by atoms with Gasteiger partial charge in [0.15, 0.2) is 0 Å². The second kappa shape index (κ2) is 11.0. The van der Waals surface area contributed by atoms with Gasteiger partial charge < -0.3 is 14.3 Å². The molecule has 0 N–H and O–H groups in total. The lowest BCUT2D eigenvalue weighted by Crippen LogP contribution is -2.34. The minimum Gasteiger partial charge on any atom is -0.340 e. The summed E-state index contributed by atoms with van der Waals surface area (Å²) in [7, 11) is 0. The molecule has 0 unspecified atom stereocenters. The number of carbonyl (C=O) groups is 1. The summed E-state index contributed by atoms with van der Waals surface area (Å²) < 4.78 is 6.86. The average Bonchev–Trinajstić information content (AvgIpc) is 3.26. The van der Waals surface area contributed by atoms with Crippen molar-refractivity contribution in [2.45, 2.75) is 46.1 Å². The molecule has 0 bridgehead atoms. The number of halogens is 1. The molecule has 2 aromatic carbocycles. The van der Waals surface area contributed by atoms with Crippen LogP contribution in [0.3, 0.4) is 0 Å². The molecule has 2 heterocycles. The molecule has 33 heavy (non-hydrogen) atoms. The van der Waals surface area contributed by atoms with Gasteiger partial charge in [0, 0.05) is 35.2 Å². The fraction of sp³-hybridized carbons (Fsp3) is 0.407. The monoisotopic (exact) mass is 509 g/mol. The van der Waals surface area contributed by atoms with E-state index in [4.69, 9.17) is 4.52 Å². The van der Waals surface area contributed by atoms with Crippen molar-refractivity contribution in [3.8, 4) is 11.3 Å². The summed E-state index contributed by atoms with van der Waals surface area (Å²) in [5.74, 6) is 1.34. The van der Waals surface area contributed by atoms with E-state index in [-0.39, 0.29) is 5.91 Å². The Morgan fingerprint density at radius 2 is 1.85 bits per heavy atom. The van der Waals surface area contributed by atoms with Crippen molar-refractivity contribution < 1.29 is 9.32 Å². The Labute approximate surface area is 204 Å². The number of amides is 1. The molecule has 4 rings (SSSR count). The predicted octanol–water partition coefficient (Wildman–Crippen LogP) is 6.78. The van der Waals surface area contributed by atoms with Crippen molar-refractivity contribution in [3.63, 3.8) is 0 Å². The summed E-state index contributed by atoms with van der Waals surface area (Å²) in [5.41, 5.74) is 3.52. The minimum absolute atomic E-state index is 0.0294. The zero-order chi connectivity index (χ0) is 23.2. The molecule has 0 saturated carbocycles. The van der Waals surface area contributed by atoms with E-state index < -0.39 is 0 Å². The maximum absolute atomic E-state index is 13.6. The van der Waals surface area contributed by atoms with Crippen molar-refractivity contribution in [1.82, 2.24) is 10.1 Å². The number of nitrogens with zero attached hydrogens (tertiary/aromatic N) is 3. The third-order valence-corrected chi connectivity index (χ3v) is 6.64. The Hall–Kier alpha value is -2.60. The fourth-order valence-corrected chi connectivity index (χ4v) is 4.67. The van der Waals surface area contributed by atoms with Crippen molar-refractivity contribution >= 4 is 27.7 Å². The smallest absolute Gasteiger partial charge is 0.254 e. The van der Waals surface area contributed by atoms with E-state index >= 15 is 0 Å². The third-order valence-electron chi connectivity index (χ3n) is 6.14. The highest BCUT2D eigenvalue weighted by Crippen LogP contribution is 2.34. The van der Waals surface area contributed by atoms with Gasteiger partial charge in [-0.25, -0.2) is 0 Å². The van der Waals surface area contributed by atoms with Gasteiger partial charge in [0.2, 0.25) is 5.88 Å². The Bertz CT molecular complexity index is 1060. The van der Waals surface area contributed by atoms with Gasteiger partial charge in [-0.3, -0.25) is 4.79 Å². The first-order chi connectivity index (χ1) is 16.0. The van der Waals surface area contributed by atoms with Crippen LogP contribution in [0.4, 0.5) is 5.88 Å². The van der Waals surface area contributed by atoms with Crippen molar-refractivity contribution in [2.75, 3.05) is 24.5 Å². The van der Waals surface area contributed by atoms with Gasteiger partial charge in [0.25, 0.3) is 5.91 Å². The van der Waals surface area contributed by atoms with Crippen LogP contribution in [0.1, 0.15) is 55.5 Å². The highest BCUT2D eigenvalue weighted by atomic mass is 79.9. The van der Waals surface area contributed by atoms with Crippen LogP contribution in [0.25, 0.3) is 11.3 Å². The molecule has 0 aliphatic carbocycles. The number of aromatic nitrogens is 1. The number of hydrogen-bond acceptors (Lipinski definition) is 4. The van der Waals surface area contributed by atoms with Gasteiger partial charge in [-0.1, -0.05) is 71.3 Å². The van der Waals surface area contributed by atoms with Crippen LogP contribution in [0.15, 0.2) is 63.6 Å². The Morgan fingerprint density at radius 1 is 1.09 bits per heavy atom. The Balaban J connectivity index is 1.71. The van der Waals surface area contributed by atoms with E-state index in [0.29, 0.717) is 24.6 Å². The second-order valence-corrected chi connectivity index (χ2v) is 10.1. The van der Waals surface area contributed by atoms with E-state index in [1.54, 1.807) is 0 Å². The first kappa shape index (κ1) is 23.6. The molecule has 1 aliphatic heterocycles. The quantitative estimate of drug-likeness (QED) is 0.335. The van der Waals surface area contributed by atoms with Crippen LogP contribution in [0.5, 0.6) is 0 Å². The van der Waals surface area contributed by atoms with Crippen LogP contribution >= 0.6 is 15.9 Å². The topological polar surface area (TPSA) is 49.6 Å². The molecule has 174 valence electrons. The number of piperidine rings is 1. The van der Waals surface area contributed by atoms with Gasteiger partial charge in [-0.2, -0.15) is 0 Å². The zero-order valence-corrected chi connectivity index (χ0v) is 21.1. The van der Waals surface area contributed by atoms with Crippen LogP contribution < -0.4 is 4.90 Å². The molecule has 1 fully saturated rings. The Morgan fingerprint density at radius 3 is 2.55 bits per heavy atom. The maximum atomic E-state index is 13.6. The summed E-state index contributed by atoms with van der Waals surface area (Å²) in [6.07, 6.45) is 4.47. The first-order valence-corrected chi connectivity index (χ1v) is 12.7. The Kier molecular flexibility index (Phi) is 7.86. The summed E-state index contributed by atoms with van der Waals surface area (Å²) in [5, 5.41) is 4.49. The van der Waals surface area contributed by atoms with Crippen LogP contribution in [0, 0.1) is 5.92 Å². The highest BCUT2D eigenvalue weighted by Gasteiger charge is 2.27. The lowest BCUT2D eigenvalue weighted by Gasteiger charge is -2.29. The van der Waals surface area contributed by atoms with E-state index in [1.807, 2.05) is 47.4 Å². The van der Waals surface area contributed by atoms with Crippen molar-refractivity contribution in [2.24, 2.45) is 5.92 Å². The first-order valence-electron chi connectivity index (χ1n) is 11.9. The molecule has 0 radical (unpaired) electrons. The lowest BCUT2D eigenvalue weighted by molar-refractivity contribution is 0.0735. The van der Waals surface area contributed by atoms with Gasteiger partial charge in [-0.05, 0) is 49.8 Å². The van der Waals surface area contributed by atoms with Crippen LogP contribution in [-0.4, -0.2) is 35.6 Å². The summed E-state index contributed by atoms with van der Waals surface area (Å²) in [6, 6.07) is 17.7. The maximum Gasteiger partial charge on any atom is 0.254 e. The van der Waals surface area contributed by atoms with Gasteiger partial charge in [0.1, 0.15) is 5.69 Å². The van der Waals surface area contributed by atoms with E-state index in [9.17, 15) is 4.79 Å². The third kappa shape index (κ3) is 5.85. The molecular formula is C27H32BrN3O2. The second-order valence-electron chi connectivity index (χ2n) is 9.15. The fourth-order valence-electron chi connectivity index (χ4n) is 4.27. The molecule has 5 nitrogen and oxygen atoms in total. The number of carbonyl (C=O) groups excluding carboxylic acids is 1. The van der Waals surface area contributed by atoms with Gasteiger partial charge in [-0.15, -0.1) is 0 Å². The highest BCUT2D eigenvalue weighted by molar-refractivity contribution is 9.10. The van der Waals surface area contributed by atoms with Crippen LogP contribution in [0.2, 0.25) is 0 Å². The molecule has 6 heteroatoms. The summed E-state index contributed by atoms with van der Waals surface area (Å²) >= 11 is 3.51. The standard InChI is InChI=1S/C27H32BrN3O2/c1-20(2)14-17-31(26(32)22-12-9-13-23(28)18-22)19-24-25(21-10-5-3-6-11-21)29-33-27(24)30-15-7-4-8-16-30/h3,5-6,9-13,18,20H,4,7-8,14-17,19H2,1-2H3. The van der Waals surface area contributed by atoms with E-state index in [1.165, 1.54) is 6.42 Å². The molecule has 0 spiro atoms.